The first-order valence-electron chi connectivity index (χ1n) is 7.17. The normalized spacial score (nSPS) is 22.8. The molecule has 0 amide bonds. The lowest BCUT2D eigenvalue weighted by Gasteiger charge is -2.21. The largest absolute Gasteiger partial charge is 0.308 e. The molecule has 2 heterocycles. The van der Waals surface area contributed by atoms with E-state index in [0.717, 1.165) is 29.0 Å². The number of aromatic nitrogens is 3. The summed E-state index contributed by atoms with van der Waals surface area (Å²) in [5, 5.41) is 0.671. The van der Waals surface area contributed by atoms with Crippen molar-refractivity contribution in [3.63, 3.8) is 0 Å². The second-order valence-electron chi connectivity index (χ2n) is 5.46. The smallest absolute Gasteiger partial charge is 0.160 e. The van der Waals surface area contributed by atoms with Crippen LogP contribution in [0.3, 0.4) is 0 Å². The first-order chi connectivity index (χ1) is 9.74. The van der Waals surface area contributed by atoms with Crippen LogP contribution in [0.15, 0.2) is 12.3 Å². The second-order valence-corrected chi connectivity index (χ2v) is 6.92. The molecule has 20 heavy (non-hydrogen) atoms. The molecular weight excluding hydrogens is 290 g/mol. The molecule has 3 rings (SSSR count). The third-order valence-corrected chi connectivity index (χ3v) is 5.45. The Morgan fingerprint density at radius 1 is 1.45 bits per heavy atom. The summed E-state index contributed by atoms with van der Waals surface area (Å²) in [6, 6.07) is 2.64. The van der Waals surface area contributed by atoms with Crippen LogP contribution in [-0.4, -0.2) is 31.9 Å². The number of pyridine rings is 1. The van der Waals surface area contributed by atoms with Gasteiger partial charge in [-0.2, -0.15) is 11.8 Å². The lowest BCUT2D eigenvalue weighted by molar-refractivity contribution is 0.519. The highest BCUT2D eigenvalue weighted by Gasteiger charge is 2.31. The number of imidazole rings is 1. The molecule has 0 aromatic carbocycles. The van der Waals surface area contributed by atoms with Gasteiger partial charge in [-0.05, 0) is 37.7 Å². The van der Waals surface area contributed by atoms with E-state index in [2.05, 4.69) is 28.8 Å². The number of thioether (sulfide) groups is 1. The number of halogens is 1. The Kier molecular flexibility index (Phi) is 4.22. The number of hydrogen-bond donors (Lipinski definition) is 0. The van der Waals surface area contributed by atoms with Crippen LogP contribution < -0.4 is 0 Å². The fraction of sp³-hybridized carbons (Fsp3) is 0.600. The van der Waals surface area contributed by atoms with Crippen LogP contribution in [0.4, 0.5) is 0 Å². The van der Waals surface area contributed by atoms with Crippen molar-refractivity contribution in [2.75, 3.05) is 12.1 Å². The van der Waals surface area contributed by atoms with E-state index in [9.17, 15) is 0 Å². The van der Waals surface area contributed by atoms with Gasteiger partial charge in [0.25, 0.3) is 0 Å². The van der Waals surface area contributed by atoms with Crippen molar-refractivity contribution >= 4 is 34.5 Å². The van der Waals surface area contributed by atoms with Gasteiger partial charge in [0.05, 0.1) is 0 Å². The van der Waals surface area contributed by atoms with Gasteiger partial charge in [-0.15, -0.1) is 11.6 Å². The Bertz CT molecular complexity index is 610. The summed E-state index contributed by atoms with van der Waals surface area (Å²) in [5.74, 6) is 1.71. The van der Waals surface area contributed by atoms with E-state index in [1.54, 1.807) is 0 Å². The van der Waals surface area contributed by atoms with E-state index in [4.69, 9.17) is 16.6 Å². The number of fused-ring (bicyclic) bond motifs is 1. The quantitative estimate of drug-likeness (QED) is 0.800. The highest BCUT2D eigenvalue weighted by Crippen LogP contribution is 2.39. The zero-order valence-electron chi connectivity index (χ0n) is 12.0. The van der Waals surface area contributed by atoms with Crippen LogP contribution in [0.2, 0.25) is 0 Å². The molecule has 1 saturated carbocycles. The van der Waals surface area contributed by atoms with Crippen LogP contribution >= 0.6 is 23.4 Å². The lowest BCUT2D eigenvalue weighted by atomic mass is 10.2. The van der Waals surface area contributed by atoms with Crippen LogP contribution in [0.1, 0.15) is 36.7 Å². The fourth-order valence-electron chi connectivity index (χ4n) is 3.22. The first-order valence-corrected chi connectivity index (χ1v) is 8.99. The van der Waals surface area contributed by atoms with Crippen molar-refractivity contribution in [1.82, 2.24) is 14.5 Å². The summed E-state index contributed by atoms with van der Waals surface area (Å²) in [6.07, 6.45) is 8.77. The molecule has 0 spiro atoms. The summed E-state index contributed by atoms with van der Waals surface area (Å²) in [7, 11) is 0. The molecular formula is C15H20ClN3S. The molecule has 0 radical (unpaired) electrons. The van der Waals surface area contributed by atoms with Gasteiger partial charge in [0.2, 0.25) is 0 Å². The number of aryl methyl sites for hydroxylation is 2. The minimum Gasteiger partial charge on any atom is -0.308 e. The van der Waals surface area contributed by atoms with Gasteiger partial charge in [0.15, 0.2) is 5.65 Å². The Balaban J connectivity index is 2.13. The Hall–Kier alpha value is -0.740. The van der Waals surface area contributed by atoms with Crippen LogP contribution in [0.25, 0.3) is 11.2 Å². The Labute approximate surface area is 129 Å². The van der Waals surface area contributed by atoms with Crippen molar-refractivity contribution in [2.45, 2.75) is 43.9 Å². The lowest BCUT2D eigenvalue weighted by Crippen LogP contribution is -2.19. The monoisotopic (exact) mass is 309 g/mol. The second kappa shape index (κ2) is 5.94. The van der Waals surface area contributed by atoms with E-state index < -0.39 is 0 Å². The molecule has 1 aliphatic carbocycles. The molecule has 0 saturated heterocycles. The molecule has 0 bridgehead atoms. The maximum atomic E-state index is 5.96. The molecule has 3 nitrogen and oxygen atoms in total. The maximum Gasteiger partial charge on any atom is 0.160 e. The zero-order chi connectivity index (χ0) is 14.1. The molecule has 1 fully saturated rings. The minimum absolute atomic E-state index is 0.517. The minimum atomic E-state index is 0.517. The van der Waals surface area contributed by atoms with Crippen molar-refractivity contribution in [3.05, 3.63) is 23.7 Å². The van der Waals surface area contributed by atoms with E-state index in [1.165, 1.54) is 19.3 Å². The molecule has 2 aromatic heterocycles. The van der Waals surface area contributed by atoms with E-state index in [-0.39, 0.29) is 0 Å². The molecule has 0 N–H and O–H groups in total. The van der Waals surface area contributed by atoms with Gasteiger partial charge >= 0.3 is 0 Å². The number of hydrogen-bond acceptors (Lipinski definition) is 3. The standard InChI is InChI=1S/C15H20ClN3S/c1-10-8-11-15(17-9-10)19(14(18-11)6-7-16)12-4-3-5-13(12)20-2/h8-9,12-13H,3-7H2,1-2H3. The average Bonchev–Trinajstić information content (AvgIpc) is 3.01. The molecule has 5 heteroatoms. The molecule has 2 aromatic rings. The molecule has 108 valence electrons. The molecule has 2 unspecified atom stereocenters. The molecule has 1 aliphatic rings. The zero-order valence-corrected chi connectivity index (χ0v) is 13.5. The molecule has 0 aliphatic heterocycles. The number of alkyl halides is 1. The fourth-order valence-corrected chi connectivity index (χ4v) is 4.36. The number of rotatable bonds is 4. The Morgan fingerprint density at radius 3 is 3.05 bits per heavy atom. The molecule has 2 atom stereocenters. The SMILES string of the molecule is CSC1CCCC1n1c(CCCl)nc2cc(C)cnc21. The predicted molar refractivity (Wildman–Crippen MR) is 86.9 cm³/mol. The Morgan fingerprint density at radius 2 is 2.30 bits per heavy atom. The van der Waals surface area contributed by atoms with Crippen molar-refractivity contribution in [2.24, 2.45) is 0 Å². The van der Waals surface area contributed by atoms with Crippen LogP contribution in [0.5, 0.6) is 0 Å². The summed E-state index contributed by atoms with van der Waals surface area (Å²) in [4.78, 5) is 9.43. The van der Waals surface area contributed by atoms with E-state index >= 15 is 0 Å². The predicted octanol–water partition coefficient (Wildman–Crippen LogP) is 3.98. The van der Waals surface area contributed by atoms with Gasteiger partial charge in [0, 0.05) is 29.8 Å². The summed E-state index contributed by atoms with van der Waals surface area (Å²) in [5.41, 5.74) is 3.20. The average molecular weight is 310 g/mol. The summed E-state index contributed by atoms with van der Waals surface area (Å²) < 4.78 is 2.37. The van der Waals surface area contributed by atoms with Gasteiger partial charge in [-0.3, -0.25) is 0 Å². The van der Waals surface area contributed by atoms with Gasteiger partial charge in [0.1, 0.15) is 11.3 Å². The van der Waals surface area contributed by atoms with Gasteiger partial charge in [-0.1, -0.05) is 6.42 Å². The van der Waals surface area contributed by atoms with Gasteiger partial charge in [-0.25, -0.2) is 9.97 Å². The van der Waals surface area contributed by atoms with E-state index in [0.29, 0.717) is 17.2 Å². The van der Waals surface area contributed by atoms with Crippen molar-refractivity contribution < 1.29 is 0 Å². The number of nitrogens with zero attached hydrogens (tertiary/aromatic N) is 3. The van der Waals surface area contributed by atoms with Crippen LogP contribution in [0, 0.1) is 6.92 Å². The summed E-state index contributed by atoms with van der Waals surface area (Å²) >= 11 is 7.93. The van der Waals surface area contributed by atoms with Gasteiger partial charge < -0.3 is 4.57 Å². The highest BCUT2D eigenvalue weighted by molar-refractivity contribution is 7.99. The van der Waals surface area contributed by atoms with E-state index in [1.807, 2.05) is 18.0 Å². The van der Waals surface area contributed by atoms with Crippen molar-refractivity contribution in [1.29, 1.82) is 0 Å². The highest BCUT2D eigenvalue weighted by atomic mass is 35.5. The maximum absolute atomic E-state index is 5.96. The summed E-state index contributed by atoms with van der Waals surface area (Å²) in [6.45, 7) is 2.06. The third-order valence-electron chi connectivity index (χ3n) is 4.11. The third kappa shape index (κ3) is 2.44. The van der Waals surface area contributed by atoms with Crippen LogP contribution in [-0.2, 0) is 6.42 Å². The first kappa shape index (κ1) is 14.2. The van der Waals surface area contributed by atoms with Crippen molar-refractivity contribution in [3.8, 4) is 0 Å². The topological polar surface area (TPSA) is 30.7 Å².